The van der Waals surface area contributed by atoms with Crippen molar-refractivity contribution in [1.29, 1.82) is 0 Å². The van der Waals surface area contributed by atoms with Crippen LogP contribution in [0.2, 0.25) is 0 Å². The SMILES string of the molecule is Cc1ccc(C(=O)N[C@H]2CCNC2)cc1B1OC(C)(C)C(C)(C)O1. The predicted molar refractivity (Wildman–Crippen MR) is 95.6 cm³/mol. The van der Waals surface area contributed by atoms with E-state index in [1.165, 1.54) is 0 Å². The highest BCUT2D eigenvalue weighted by Crippen LogP contribution is 2.36. The second-order valence-corrected chi connectivity index (χ2v) is 7.82. The van der Waals surface area contributed by atoms with Gasteiger partial charge in [0.25, 0.3) is 5.91 Å². The summed E-state index contributed by atoms with van der Waals surface area (Å²) in [6, 6.07) is 5.93. The highest BCUT2D eigenvalue weighted by Gasteiger charge is 2.52. The topological polar surface area (TPSA) is 59.6 Å². The molecule has 2 heterocycles. The van der Waals surface area contributed by atoms with Crippen molar-refractivity contribution in [3.63, 3.8) is 0 Å². The van der Waals surface area contributed by atoms with Crippen molar-refractivity contribution in [1.82, 2.24) is 10.6 Å². The molecule has 0 aliphatic carbocycles. The summed E-state index contributed by atoms with van der Waals surface area (Å²) < 4.78 is 12.3. The lowest BCUT2D eigenvalue weighted by atomic mass is 9.75. The van der Waals surface area contributed by atoms with Crippen LogP contribution in [0, 0.1) is 6.92 Å². The van der Waals surface area contributed by atoms with Crippen molar-refractivity contribution in [3.8, 4) is 0 Å². The maximum atomic E-state index is 12.5. The van der Waals surface area contributed by atoms with Gasteiger partial charge in [-0.2, -0.15) is 0 Å². The Balaban J connectivity index is 1.81. The molecule has 0 aromatic heterocycles. The number of nitrogens with one attached hydrogen (secondary N) is 2. The molecule has 1 amide bonds. The Hall–Kier alpha value is -1.37. The average molecular weight is 330 g/mol. The molecule has 2 N–H and O–H groups in total. The number of hydrogen-bond donors (Lipinski definition) is 2. The van der Waals surface area contributed by atoms with Gasteiger partial charge in [-0.1, -0.05) is 11.6 Å². The first-order chi connectivity index (χ1) is 11.2. The quantitative estimate of drug-likeness (QED) is 0.823. The lowest BCUT2D eigenvalue weighted by Gasteiger charge is -2.32. The van der Waals surface area contributed by atoms with E-state index in [0.29, 0.717) is 5.56 Å². The number of benzene rings is 1. The van der Waals surface area contributed by atoms with Crippen LogP contribution in [0.4, 0.5) is 0 Å². The molecule has 0 bridgehead atoms. The number of hydrogen-bond acceptors (Lipinski definition) is 4. The van der Waals surface area contributed by atoms with E-state index >= 15 is 0 Å². The van der Waals surface area contributed by atoms with Crippen LogP contribution in [0.25, 0.3) is 0 Å². The Morgan fingerprint density at radius 3 is 2.50 bits per heavy atom. The molecule has 1 aromatic rings. The van der Waals surface area contributed by atoms with Crippen molar-refractivity contribution < 1.29 is 14.1 Å². The first-order valence-electron chi connectivity index (χ1n) is 8.67. The van der Waals surface area contributed by atoms with Crippen molar-refractivity contribution in [2.75, 3.05) is 13.1 Å². The van der Waals surface area contributed by atoms with Crippen molar-refractivity contribution >= 4 is 18.5 Å². The minimum Gasteiger partial charge on any atom is -0.399 e. The maximum Gasteiger partial charge on any atom is 0.495 e. The van der Waals surface area contributed by atoms with Crippen LogP contribution in [0.5, 0.6) is 0 Å². The molecule has 2 saturated heterocycles. The van der Waals surface area contributed by atoms with E-state index in [9.17, 15) is 4.79 Å². The van der Waals surface area contributed by atoms with Gasteiger partial charge in [-0.25, -0.2) is 0 Å². The van der Waals surface area contributed by atoms with Crippen LogP contribution in [-0.2, 0) is 9.31 Å². The van der Waals surface area contributed by atoms with Crippen LogP contribution in [0.1, 0.15) is 50.0 Å². The largest absolute Gasteiger partial charge is 0.495 e. The fourth-order valence-corrected chi connectivity index (χ4v) is 3.05. The van der Waals surface area contributed by atoms with Crippen molar-refractivity contribution in [2.24, 2.45) is 0 Å². The summed E-state index contributed by atoms with van der Waals surface area (Å²) in [6.07, 6.45) is 0.974. The van der Waals surface area contributed by atoms with Crippen molar-refractivity contribution in [3.05, 3.63) is 29.3 Å². The molecule has 1 atom stereocenters. The molecule has 0 radical (unpaired) electrons. The van der Waals surface area contributed by atoms with Crippen LogP contribution in [-0.4, -0.2) is 43.4 Å². The van der Waals surface area contributed by atoms with E-state index in [4.69, 9.17) is 9.31 Å². The Labute approximate surface area is 144 Å². The highest BCUT2D eigenvalue weighted by molar-refractivity contribution is 6.62. The summed E-state index contributed by atoms with van der Waals surface area (Å²) in [7, 11) is -0.448. The second kappa shape index (κ2) is 6.17. The third-order valence-corrected chi connectivity index (χ3v) is 5.44. The van der Waals surface area contributed by atoms with Gasteiger partial charge < -0.3 is 19.9 Å². The molecule has 0 saturated carbocycles. The standard InChI is InChI=1S/C18H27BN2O3/c1-12-6-7-13(16(22)21-14-8-9-20-11-14)10-15(12)19-23-17(2,3)18(4,5)24-19/h6-7,10,14,20H,8-9,11H2,1-5H3,(H,21,22)/t14-/m0/s1. The second-order valence-electron chi connectivity index (χ2n) is 7.82. The number of rotatable bonds is 3. The van der Waals surface area contributed by atoms with Crippen LogP contribution >= 0.6 is 0 Å². The molecular weight excluding hydrogens is 303 g/mol. The first kappa shape index (κ1) is 17.5. The molecule has 0 spiro atoms. The molecule has 130 valence electrons. The maximum absolute atomic E-state index is 12.5. The first-order valence-corrected chi connectivity index (χ1v) is 8.67. The zero-order chi connectivity index (χ0) is 17.5. The molecule has 1 aromatic carbocycles. The monoisotopic (exact) mass is 330 g/mol. The molecule has 24 heavy (non-hydrogen) atoms. The van der Waals surface area contributed by atoms with E-state index in [-0.39, 0.29) is 11.9 Å². The van der Waals surface area contributed by atoms with Gasteiger partial charge in [0.1, 0.15) is 0 Å². The van der Waals surface area contributed by atoms with Gasteiger partial charge in [0.15, 0.2) is 0 Å². The molecule has 5 nitrogen and oxygen atoms in total. The van der Waals surface area contributed by atoms with Crippen molar-refractivity contribution in [2.45, 2.75) is 58.3 Å². The van der Waals surface area contributed by atoms with Crippen LogP contribution < -0.4 is 16.1 Å². The Bertz CT molecular complexity index is 623. The third kappa shape index (κ3) is 3.23. The summed E-state index contributed by atoms with van der Waals surface area (Å²) >= 11 is 0. The minimum absolute atomic E-state index is 0.0403. The summed E-state index contributed by atoms with van der Waals surface area (Å²) in [5, 5.41) is 6.34. The summed E-state index contributed by atoms with van der Waals surface area (Å²) in [5.41, 5.74) is 1.85. The average Bonchev–Trinajstić information content (AvgIpc) is 3.05. The van der Waals surface area contributed by atoms with E-state index < -0.39 is 18.3 Å². The molecule has 2 fully saturated rings. The van der Waals surface area contributed by atoms with Gasteiger partial charge in [0.05, 0.1) is 11.2 Å². The van der Waals surface area contributed by atoms with Gasteiger partial charge in [-0.3, -0.25) is 4.79 Å². The van der Waals surface area contributed by atoms with Gasteiger partial charge in [0.2, 0.25) is 0 Å². The molecule has 3 rings (SSSR count). The fraction of sp³-hybridized carbons (Fsp3) is 0.611. The number of carbonyl (C=O) groups excluding carboxylic acids is 1. The molecule has 6 heteroatoms. The van der Waals surface area contributed by atoms with Gasteiger partial charge in [-0.15, -0.1) is 0 Å². The predicted octanol–water partition coefficient (Wildman–Crippen LogP) is 1.39. The van der Waals surface area contributed by atoms with Crippen LogP contribution in [0.15, 0.2) is 18.2 Å². The number of amides is 1. The molecule has 0 unspecified atom stereocenters. The summed E-state index contributed by atoms with van der Waals surface area (Å²) in [5.74, 6) is -0.0403. The summed E-state index contributed by atoms with van der Waals surface area (Å²) in [6.45, 7) is 11.9. The zero-order valence-electron chi connectivity index (χ0n) is 15.2. The van der Waals surface area contributed by atoms with Gasteiger partial charge >= 0.3 is 7.12 Å². The number of carbonyl (C=O) groups is 1. The Kier molecular flexibility index (Phi) is 4.49. The van der Waals surface area contributed by atoms with Gasteiger partial charge in [0, 0.05) is 18.2 Å². The molecular formula is C18H27BN2O3. The molecule has 2 aliphatic heterocycles. The minimum atomic E-state index is -0.448. The Morgan fingerprint density at radius 1 is 1.25 bits per heavy atom. The van der Waals surface area contributed by atoms with E-state index in [1.807, 2.05) is 52.8 Å². The van der Waals surface area contributed by atoms with E-state index in [1.54, 1.807) is 0 Å². The third-order valence-electron chi connectivity index (χ3n) is 5.44. The van der Waals surface area contributed by atoms with Gasteiger partial charge in [-0.05, 0) is 65.2 Å². The smallest absolute Gasteiger partial charge is 0.399 e. The number of aryl methyl sites for hydroxylation is 1. The van der Waals surface area contributed by atoms with E-state index in [0.717, 1.165) is 30.5 Å². The summed E-state index contributed by atoms with van der Waals surface area (Å²) in [4.78, 5) is 12.5. The molecule has 2 aliphatic rings. The van der Waals surface area contributed by atoms with Crippen LogP contribution in [0.3, 0.4) is 0 Å². The fourth-order valence-electron chi connectivity index (χ4n) is 3.05. The lowest BCUT2D eigenvalue weighted by molar-refractivity contribution is 0.00578. The normalized spacial score (nSPS) is 25.0. The lowest BCUT2D eigenvalue weighted by Crippen LogP contribution is -2.41. The highest BCUT2D eigenvalue weighted by atomic mass is 16.7. The van der Waals surface area contributed by atoms with E-state index in [2.05, 4.69) is 10.6 Å². The zero-order valence-corrected chi connectivity index (χ0v) is 15.2. The Morgan fingerprint density at radius 2 is 1.92 bits per heavy atom.